The summed E-state index contributed by atoms with van der Waals surface area (Å²) in [7, 11) is 1.61. The van der Waals surface area contributed by atoms with Crippen LogP contribution < -0.4 is 14.8 Å². The highest BCUT2D eigenvalue weighted by Gasteiger charge is 2.43. The van der Waals surface area contributed by atoms with E-state index in [0.717, 1.165) is 27.5 Å². The maximum atomic E-state index is 6.23. The Hall–Kier alpha value is -2.13. The summed E-state index contributed by atoms with van der Waals surface area (Å²) in [6, 6.07) is 9.35. The first kappa shape index (κ1) is 19.8. The third-order valence-corrected chi connectivity index (χ3v) is 6.53. The Balaban J connectivity index is 1.47. The highest BCUT2D eigenvalue weighted by molar-refractivity contribution is 9.10. The highest BCUT2D eigenvalue weighted by atomic mass is 79.9. The number of rotatable bonds is 5. The average Bonchev–Trinajstić information content (AvgIpc) is 3.36. The largest absolute Gasteiger partial charge is 0.493 e. The van der Waals surface area contributed by atoms with Gasteiger partial charge < -0.3 is 24.3 Å². The lowest BCUT2D eigenvalue weighted by atomic mass is 10.1. The smallest absolute Gasteiger partial charge is 0.164 e. The third-order valence-electron chi connectivity index (χ3n) is 5.30. The molecule has 0 bridgehead atoms. The van der Waals surface area contributed by atoms with Crippen molar-refractivity contribution in [1.82, 2.24) is 9.97 Å². The summed E-state index contributed by atoms with van der Waals surface area (Å²) in [5.41, 5.74) is 1.55. The number of benzene rings is 2. The van der Waals surface area contributed by atoms with Crippen LogP contribution in [-0.4, -0.2) is 48.6 Å². The minimum Gasteiger partial charge on any atom is -0.493 e. The molecule has 1 aromatic heterocycles. The van der Waals surface area contributed by atoms with E-state index in [2.05, 4.69) is 31.2 Å². The van der Waals surface area contributed by atoms with Crippen molar-refractivity contribution < 1.29 is 18.9 Å². The third kappa shape index (κ3) is 3.69. The lowest BCUT2D eigenvalue weighted by Crippen LogP contribution is -2.32. The van der Waals surface area contributed by atoms with Crippen molar-refractivity contribution in [2.75, 3.05) is 25.6 Å². The minimum atomic E-state index is -0.173. The lowest BCUT2D eigenvalue weighted by molar-refractivity contribution is 0.0298. The maximum Gasteiger partial charge on any atom is 0.164 e. The first-order valence-corrected chi connectivity index (χ1v) is 10.7. The molecule has 2 fully saturated rings. The molecule has 0 aliphatic carbocycles. The van der Waals surface area contributed by atoms with Gasteiger partial charge in [-0.3, -0.25) is 0 Å². The van der Waals surface area contributed by atoms with Crippen LogP contribution in [0.5, 0.6) is 11.5 Å². The number of nitrogens with zero attached hydrogens (tertiary/aromatic N) is 2. The van der Waals surface area contributed by atoms with Gasteiger partial charge in [0, 0.05) is 28.2 Å². The monoisotopic (exact) mass is 491 g/mol. The topological polar surface area (TPSA) is 74.7 Å². The van der Waals surface area contributed by atoms with Gasteiger partial charge in [-0.05, 0) is 46.6 Å². The summed E-state index contributed by atoms with van der Waals surface area (Å²) >= 11 is 9.61. The van der Waals surface area contributed by atoms with E-state index in [1.165, 1.54) is 6.33 Å². The van der Waals surface area contributed by atoms with E-state index in [4.69, 9.17) is 30.5 Å². The molecule has 3 aromatic rings. The second-order valence-electron chi connectivity index (χ2n) is 7.15. The summed E-state index contributed by atoms with van der Waals surface area (Å²) in [5.74, 6) is 1.84. The van der Waals surface area contributed by atoms with Crippen molar-refractivity contribution in [1.29, 1.82) is 0 Å². The van der Waals surface area contributed by atoms with Gasteiger partial charge in [-0.15, -0.1) is 0 Å². The zero-order valence-electron chi connectivity index (χ0n) is 16.1. The Morgan fingerprint density at radius 2 is 2.07 bits per heavy atom. The summed E-state index contributed by atoms with van der Waals surface area (Å²) in [5, 5.41) is 4.71. The molecule has 5 rings (SSSR count). The van der Waals surface area contributed by atoms with Crippen LogP contribution in [0.2, 0.25) is 5.02 Å². The molecule has 3 atom stereocenters. The molecule has 3 unspecified atom stereocenters. The summed E-state index contributed by atoms with van der Waals surface area (Å²) < 4.78 is 24.2. The van der Waals surface area contributed by atoms with Crippen LogP contribution in [0.1, 0.15) is 6.42 Å². The maximum absolute atomic E-state index is 6.23. The molecule has 2 aromatic carbocycles. The van der Waals surface area contributed by atoms with E-state index in [1.54, 1.807) is 7.11 Å². The predicted octanol–water partition coefficient (Wildman–Crippen LogP) is 4.73. The van der Waals surface area contributed by atoms with Crippen molar-refractivity contribution in [3.63, 3.8) is 0 Å². The second kappa shape index (κ2) is 8.19. The zero-order valence-corrected chi connectivity index (χ0v) is 18.4. The van der Waals surface area contributed by atoms with Crippen LogP contribution in [-0.2, 0) is 9.47 Å². The number of halogens is 2. The van der Waals surface area contributed by atoms with Gasteiger partial charge in [-0.1, -0.05) is 11.6 Å². The number of anilines is 2. The summed E-state index contributed by atoms with van der Waals surface area (Å²) in [4.78, 5) is 8.80. The molecular weight excluding hydrogens is 474 g/mol. The highest BCUT2D eigenvalue weighted by Crippen LogP contribution is 2.38. The molecule has 156 valence electrons. The number of methoxy groups -OCH3 is 1. The van der Waals surface area contributed by atoms with Crippen LogP contribution in [0.4, 0.5) is 11.5 Å². The first-order valence-electron chi connectivity index (χ1n) is 9.57. The Morgan fingerprint density at radius 3 is 2.90 bits per heavy atom. The molecule has 30 heavy (non-hydrogen) atoms. The van der Waals surface area contributed by atoms with Crippen molar-refractivity contribution >= 4 is 49.9 Å². The van der Waals surface area contributed by atoms with E-state index < -0.39 is 0 Å². The van der Waals surface area contributed by atoms with Gasteiger partial charge in [0.2, 0.25) is 0 Å². The summed E-state index contributed by atoms with van der Waals surface area (Å²) in [6.07, 6.45) is 2.30. The molecule has 2 aliphatic heterocycles. The van der Waals surface area contributed by atoms with Crippen molar-refractivity contribution in [3.8, 4) is 11.5 Å². The molecule has 7 nitrogen and oxygen atoms in total. The fourth-order valence-electron chi connectivity index (χ4n) is 3.82. The Bertz CT molecular complexity index is 1100. The van der Waals surface area contributed by atoms with Gasteiger partial charge in [0.1, 0.15) is 18.2 Å². The fourth-order valence-corrected chi connectivity index (χ4v) is 4.25. The van der Waals surface area contributed by atoms with Gasteiger partial charge in [0.15, 0.2) is 17.6 Å². The van der Waals surface area contributed by atoms with E-state index in [9.17, 15) is 0 Å². The van der Waals surface area contributed by atoms with E-state index in [1.807, 2.05) is 30.3 Å². The molecule has 2 saturated heterocycles. The SMILES string of the molecule is COc1cc2c(Nc3ccc(Br)c(Cl)c3)ncnc2cc1OC1COC2CCOC21. The molecule has 1 N–H and O–H groups in total. The molecule has 9 heteroatoms. The fraction of sp³-hybridized carbons (Fsp3) is 0.333. The Labute approximate surface area is 186 Å². The second-order valence-corrected chi connectivity index (χ2v) is 8.41. The predicted molar refractivity (Wildman–Crippen MR) is 117 cm³/mol. The van der Waals surface area contributed by atoms with Gasteiger partial charge in [0.05, 0.1) is 30.4 Å². The number of aromatic nitrogens is 2. The zero-order chi connectivity index (χ0) is 20.7. The van der Waals surface area contributed by atoms with E-state index in [0.29, 0.717) is 35.6 Å². The normalized spacial score (nSPS) is 22.8. The van der Waals surface area contributed by atoms with Crippen LogP contribution in [0.25, 0.3) is 10.9 Å². The Kier molecular flexibility index (Phi) is 5.41. The minimum absolute atomic E-state index is 0.0461. The van der Waals surface area contributed by atoms with Gasteiger partial charge in [-0.25, -0.2) is 9.97 Å². The van der Waals surface area contributed by atoms with Crippen molar-refractivity contribution in [3.05, 3.63) is 46.2 Å². The van der Waals surface area contributed by atoms with Crippen molar-refractivity contribution in [2.24, 2.45) is 0 Å². The molecule has 2 aliphatic rings. The molecule has 0 amide bonds. The van der Waals surface area contributed by atoms with E-state index in [-0.39, 0.29) is 18.3 Å². The standard InChI is InChI=1S/C21H19BrClN3O4/c1-27-17-7-12-15(8-18(17)30-19-9-29-16-4-5-28-20(16)19)24-10-25-21(12)26-11-2-3-13(22)14(23)6-11/h2-3,6-8,10,16,19-20H,4-5,9H2,1H3,(H,24,25,26). The number of ether oxygens (including phenoxy) is 4. The molecule has 0 radical (unpaired) electrons. The number of fused-ring (bicyclic) bond motifs is 2. The van der Waals surface area contributed by atoms with Gasteiger partial charge >= 0.3 is 0 Å². The van der Waals surface area contributed by atoms with Crippen molar-refractivity contribution in [2.45, 2.75) is 24.7 Å². The average molecular weight is 493 g/mol. The molecule has 3 heterocycles. The molecular formula is C21H19BrClN3O4. The number of nitrogens with one attached hydrogen (secondary N) is 1. The number of hydrogen-bond acceptors (Lipinski definition) is 7. The quantitative estimate of drug-likeness (QED) is 0.552. The van der Waals surface area contributed by atoms with Crippen LogP contribution >= 0.6 is 27.5 Å². The lowest BCUT2D eigenvalue weighted by Gasteiger charge is -2.20. The Morgan fingerprint density at radius 1 is 1.17 bits per heavy atom. The molecule has 0 spiro atoms. The van der Waals surface area contributed by atoms with E-state index >= 15 is 0 Å². The van der Waals surface area contributed by atoms with Gasteiger partial charge in [0.25, 0.3) is 0 Å². The summed E-state index contributed by atoms with van der Waals surface area (Å²) in [6.45, 7) is 1.20. The van der Waals surface area contributed by atoms with Crippen LogP contribution in [0.3, 0.4) is 0 Å². The van der Waals surface area contributed by atoms with Crippen LogP contribution in [0, 0.1) is 0 Å². The number of hydrogen-bond donors (Lipinski definition) is 1. The van der Waals surface area contributed by atoms with Gasteiger partial charge in [-0.2, -0.15) is 0 Å². The molecule has 0 saturated carbocycles. The van der Waals surface area contributed by atoms with Crippen LogP contribution in [0.15, 0.2) is 41.1 Å². The first-order chi connectivity index (χ1) is 14.6.